The number of methoxy groups -OCH3 is 1. The van der Waals surface area contributed by atoms with E-state index in [9.17, 15) is 0 Å². The van der Waals surface area contributed by atoms with Crippen LogP contribution in [0, 0.1) is 6.92 Å². The molecule has 2 heteroatoms. The first kappa shape index (κ1) is 7.35. The summed E-state index contributed by atoms with van der Waals surface area (Å²) in [6.07, 6.45) is 0.841. The van der Waals surface area contributed by atoms with Crippen LogP contribution in [0.15, 0.2) is 23.2 Å². The van der Waals surface area contributed by atoms with Gasteiger partial charge in [-0.1, -0.05) is 17.7 Å². The maximum Gasteiger partial charge on any atom is 0.192 e. The highest BCUT2D eigenvalue weighted by molar-refractivity contribution is 5.87. The van der Waals surface area contributed by atoms with Crippen molar-refractivity contribution in [2.24, 2.45) is 4.99 Å². The fourth-order valence-corrected chi connectivity index (χ4v) is 1.42. The smallest absolute Gasteiger partial charge is 0.192 e. The Labute approximate surface area is 71.9 Å². The Hall–Kier alpha value is -1.31. The second-order valence-electron chi connectivity index (χ2n) is 3.02. The Morgan fingerprint density at radius 1 is 1.42 bits per heavy atom. The van der Waals surface area contributed by atoms with Crippen molar-refractivity contribution < 1.29 is 4.74 Å². The van der Waals surface area contributed by atoms with E-state index in [1.54, 1.807) is 7.11 Å². The summed E-state index contributed by atoms with van der Waals surface area (Å²) in [7, 11) is 1.66. The van der Waals surface area contributed by atoms with E-state index in [2.05, 4.69) is 24.0 Å². The van der Waals surface area contributed by atoms with Crippen LogP contribution in [-0.2, 0) is 11.2 Å². The predicted octanol–water partition coefficient (Wildman–Crippen LogP) is 2.23. The molecule has 0 radical (unpaired) electrons. The summed E-state index contributed by atoms with van der Waals surface area (Å²) in [5, 5.41) is 0. The standard InChI is InChI=1S/C10H11NO/c1-7-3-4-9-8(5-7)6-10(11-9)12-2/h3-5H,6H2,1-2H3. The van der Waals surface area contributed by atoms with Crippen molar-refractivity contribution >= 4 is 11.6 Å². The van der Waals surface area contributed by atoms with Crippen molar-refractivity contribution in [3.63, 3.8) is 0 Å². The van der Waals surface area contributed by atoms with Gasteiger partial charge in [-0.2, -0.15) is 0 Å². The van der Waals surface area contributed by atoms with Crippen LogP contribution >= 0.6 is 0 Å². The summed E-state index contributed by atoms with van der Waals surface area (Å²) in [6, 6.07) is 6.27. The van der Waals surface area contributed by atoms with Gasteiger partial charge in [0.05, 0.1) is 19.2 Å². The molecule has 1 heterocycles. The van der Waals surface area contributed by atoms with Gasteiger partial charge in [0.25, 0.3) is 0 Å². The van der Waals surface area contributed by atoms with Gasteiger partial charge in [-0.15, -0.1) is 0 Å². The largest absolute Gasteiger partial charge is 0.484 e. The lowest BCUT2D eigenvalue weighted by molar-refractivity contribution is 0.396. The third-order valence-corrected chi connectivity index (χ3v) is 2.06. The molecule has 0 fully saturated rings. The summed E-state index contributed by atoms with van der Waals surface area (Å²) < 4.78 is 5.08. The Balaban J connectivity index is 2.40. The molecule has 1 aromatic rings. The Kier molecular flexibility index (Phi) is 1.61. The van der Waals surface area contributed by atoms with Crippen LogP contribution in [0.1, 0.15) is 11.1 Å². The molecule has 0 saturated heterocycles. The molecule has 0 spiro atoms. The fourth-order valence-electron chi connectivity index (χ4n) is 1.42. The minimum atomic E-state index is 0.815. The van der Waals surface area contributed by atoms with E-state index >= 15 is 0 Å². The molecule has 2 rings (SSSR count). The zero-order chi connectivity index (χ0) is 8.55. The first-order valence-corrected chi connectivity index (χ1v) is 4.00. The lowest BCUT2D eigenvalue weighted by Gasteiger charge is -1.97. The van der Waals surface area contributed by atoms with Crippen molar-refractivity contribution in [1.29, 1.82) is 0 Å². The summed E-state index contributed by atoms with van der Waals surface area (Å²) in [5.41, 5.74) is 3.60. The third kappa shape index (κ3) is 1.09. The minimum absolute atomic E-state index is 0.815. The number of hydrogen-bond donors (Lipinski definition) is 0. The van der Waals surface area contributed by atoms with E-state index in [1.807, 2.05) is 6.07 Å². The lowest BCUT2D eigenvalue weighted by Crippen LogP contribution is -1.99. The topological polar surface area (TPSA) is 21.6 Å². The van der Waals surface area contributed by atoms with E-state index in [-0.39, 0.29) is 0 Å². The first-order chi connectivity index (χ1) is 5.79. The molecule has 12 heavy (non-hydrogen) atoms. The summed E-state index contributed by atoms with van der Waals surface area (Å²) in [5.74, 6) is 0.815. The van der Waals surface area contributed by atoms with Gasteiger partial charge in [0, 0.05) is 0 Å². The Morgan fingerprint density at radius 3 is 3.00 bits per heavy atom. The van der Waals surface area contributed by atoms with Gasteiger partial charge >= 0.3 is 0 Å². The Bertz CT molecular complexity index is 342. The molecule has 1 aliphatic rings. The summed E-state index contributed by atoms with van der Waals surface area (Å²) in [4.78, 5) is 4.31. The molecule has 0 aromatic heterocycles. The molecule has 62 valence electrons. The monoisotopic (exact) mass is 161 g/mol. The molecular weight excluding hydrogens is 150 g/mol. The number of nitrogens with zero attached hydrogens (tertiary/aromatic N) is 1. The van der Waals surface area contributed by atoms with Crippen LogP contribution < -0.4 is 0 Å². The van der Waals surface area contributed by atoms with E-state index in [4.69, 9.17) is 4.74 Å². The van der Waals surface area contributed by atoms with Crippen molar-refractivity contribution in [1.82, 2.24) is 0 Å². The van der Waals surface area contributed by atoms with E-state index in [0.29, 0.717) is 0 Å². The van der Waals surface area contributed by atoms with E-state index in [0.717, 1.165) is 18.0 Å². The average Bonchev–Trinajstić information content (AvgIpc) is 2.46. The van der Waals surface area contributed by atoms with Crippen LogP contribution in [0.5, 0.6) is 0 Å². The fraction of sp³-hybridized carbons (Fsp3) is 0.300. The maximum atomic E-state index is 5.08. The van der Waals surface area contributed by atoms with Crippen LogP contribution in [0.2, 0.25) is 0 Å². The van der Waals surface area contributed by atoms with Crippen molar-refractivity contribution in [2.75, 3.05) is 7.11 Å². The van der Waals surface area contributed by atoms with Gasteiger partial charge in [0.1, 0.15) is 0 Å². The molecule has 0 N–H and O–H groups in total. The van der Waals surface area contributed by atoms with Gasteiger partial charge in [-0.05, 0) is 18.6 Å². The molecule has 1 aliphatic heterocycles. The minimum Gasteiger partial charge on any atom is -0.484 e. The Morgan fingerprint density at radius 2 is 2.25 bits per heavy atom. The zero-order valence-corrected chi connectivity index (χ0v) is 7.29. The molecule has 0 aliphatic carbocycles. The van der Waals surface area contributed by atoms with E-state index < -0.39 is 0 Å². The first-order valence-electron chi connectivity index (χ1n) is 4.00. The van der Waals surface area contributed by atoms with Crippen molar-refractivity contribution in [3.8, 4) is 0 Å². The predicted molar refractivity (Wildman–Crippen MR) is 49.0 cm³/mol. The molecule has 1 aromatic carbocycles. The number of aliphatic imine (C=N–C) groups is 1. The second kappa shape index (κ2) is 2.63. The molecule has 0 atom stereocenters. The maximum absolute atomic E-state index is 5.08. The highest BCUT2D eigenvalue weighted by atomic mass is 16.5. The number of fused-ring (bicyclic) bond motifs is 1. The number of ether oxygens (including phenoxy) is 1. The van der Waals surface area contributed by atoms with Gasteiger partial charge in [-0.3, -0.25) is 0 Å². The molecule has 0 bridgehead atoms. The quantitative estimate of drug-likeness (QED) is 0.571. The number of rotatable bonds is 0. The lowest BCUT2D eigenvalue weighted by atomic mass is 10.1. The normalized spacial score (nSPS) is 14.0. The molecule has 0 saturated carbocycles. The highest BCUT2D eigenvalue weighted by Crippen LogP contribution is 2.27. The number of benzene rings is 1. The molecule has 2 nitrogen and oxygen atoms in total. The average molecular weight is 161 g/mol. The van der Waals surface area contributed by atoms with Crippen molar-refractivity contribution in [3.05, 3.63) is 29.3 Å². The summed E-state index contributed by atoms with van der Waals surface area (Å²) in [6.45, 7) is 2.09. The molecule has 0 amide bonds. The highest BCUT2D eigenvalue weighted by Gasteiger charge is 2.13. The van der Waals surface area contributed by atoms with Gasteiger partial charge in [0.15, 0.2) is 5.90 Å². The molecule has 0 unspecified atom stereocenters. The van der Waals surface area contributed by atoms with Gasteiger partial charge in [-0.25, -0.2) is 4.99 Å². The third-order valence-electron chi connectivity index (χ3n) is 2.06. The van der Waals surface area contributed by atoms with Crippen LogP contribution in [0.4, 0.5) is 5.69 Å². The van der Waals surface area contributed by atoms with Crippen LogP contribution in [0.3, 0.4) is 0 Å². The van der Waals surface area contributed by atoms with Crippen molar-refractivity contribution in [2.45, 2.75) is 13.3 Å². The second-order valence-corrected chi connectivity index (χ2v) is 3.02. The molecular formula is C10H11NO. The van der Waals surface area contributed by atoms with E-state index in [1.165, 1.54) is 11.1 Å². The number of aryl methyl sites for hydroxylation is 1. The van der Waals surface area contributed by atoms with Crippen LogP contribution in [0.25, 0.3) is 0 Å². The van der Waals surface area contributed by atoms with Gasteiger partial charge < -0.3 is 4.74 Å². The zero-order valence-electron chi connectivity index (χ0n) is 7.29. The SMILES string of the molecule is COC1=Nc2ccc(C)cc2C1. The summed E-state index contributed by atoms with van der Waals surface area (Å²) >= 11 is 0. The van der Waals surface area contributed by atoms with Crippen LogP contribution in [-0.4, -0.2) is 13.0 Å². The van der Waals surface area contributed by atoms with Gasteiger partial charge in [0.2, 0.25) is 0 Å². The number of hydrogen-bond acceptors (Lipinski definition) is 2.